The van der Waals surface area contributed by atoms with E-state index < -0.39 is 5.63 Å². The van der Waals surface area contributed by atoms with Gasteiger partial charge in [0.25, 0.3) is 0 Å². The maximum atomic E-state index is 12.3. The van der Waals surface area contributed by atoms with Crippen molar-refractivity contribution in [2.24, 2.45) is 0 Å². The monoisotopic (exact) mass is 334 g/mol. The van der Waals surface area contributed by atoms with E-state index >= 15 is 0 Å². The van der Waals surface area contributed by atoms with Gasteiger partial charge in [-0.05, 0) is 31.2 Å². The molecule has 0 aliphatic heterocycles. The minimum atomic E-state index is -0.467. The van der Waals surface area contributed by atoms with Gasteiger partial charge in [-0.25, -0.2) is 4.79 Å². The molecule has 0 atom stereocenters. The van der Waals surface area contributed by atoms with Gasteiger partial charge in [0.2, 0.25) is 5.91 Å². The first-order valence-electron chi connectivity index (χ1n) is 7.71. The molecule has 25 heavy (non-hydrogen) atoms. The quantitative estimate of drug-likeness (QED) is 0.581. The highest BCUT2D eigenvalue weighted by molar-refractivity contribution is 6.03. The van der Waals surface area contributed by atoms with Crippen LogP contribution in [0.25, 0.3) is 21.9 Å². The Bertz CT molecular complexity index is 1150. The molecule has 3 aromatic heterocycles. The van der Waals surface area contributed by atoms with E-state index in [1.165, 1.54) is 10.9 Å². The van der Waals surface area contributed by atoms with Crippen molar-refractivity contribution in [3.8, 4) is 0 Å². The van der Waals surface area contributed by atoms with Gasteiger partial charge in [0.05, 0.1) is 23.6 Å². The second-order valence-electron chi connectivity index (χ2n) is 5.74. The lowest BCUT2D eigenvalue weighted by atomic mass is 10.1. The van der Waals surface area contributed by atoms with Crippen molar-refractivity contribution in [2.75, 3.05) is 5.32 Å². The summed E-state index contributed by atoms with van der Waals surface area (Å²) in [6, 6.07) is 9.02. The lowest BCUT2D eigenvalue weighted by Gasteiger charge is -2.07. The van der Waals surface area contributed by atoms with Crippen LogP contribution >= 0.6 is 0 Å². The molecule has 0 aliphatic carbocycles. The molecule has 0 unspecified atom stereocenters. The average Bonchev–Trinajstić information content (AvgIpc) is 3.01. The van der Waals surface area contributed by atoms with E-state index in [2.05, 4.69) is 15.4 Å². The standard InChI is InChI=1S/C18H14N4O3/c1-11-4-5-15-13(7-11)17-14(18(24)25-15)9-20-22(17)10-16(23)21-12-3-2-6-19-8-12/h2-9H,10H2,1H3,(H,21,23). The van der Waals surface area contributed by atoms with Gasteiger partial charge in [-0.2, -0.15) is 5.10 Å². The first-order valence-corrected chi connectivity index (χ1v) is 7.71. The Morgan fingerprint density at radius 2 is 2.12 bits per heavy atom. The zero-order valence-corrected chi connectivity index (χ0v) is 13.4. The van der Waals surface area contributed by atoms with Crippen molar-refractivity contribution in [3.05, 3.63) is 64.9 Å². The average molecular weight is 334 g/mol. The molecule has 1 N–H and O–H groups in total. The Hall–Kier alpha value is -3.48. The van der Waals surface area contributed by atoms with Crippen LogP contribution in [0.15, 0.2) is 58.1 Å². The van der Waals surface area contributed by atoms with Crippen molar-refractivity contribution in [1.82, 2.24) is 14.8 Å². The molecule has 0 fully saturated rings. The fraction of sp³-hybridized carbons (Fsp3) is 0.111. The summed E-state index contributed by atoms with van der Waals surface area (Å²) in [5, 5.41) is 8.06. The fourth-order valence-electron chi connectivity index (χ4n) is 2.78. The number of carbonyl (C=O) groups is 1. The predicted octanol–water partition coefficient (Wildman–Crippen LogP) is 2.48. The Kier molecular flexibility index (Phi) is 3.53. The lowest BCUT2D eigenvalue weighted by Crippen LogP contribution is -2.19. The number of aryl methyl sites for hydroxylation is 1. The number of benzene rings is 1. The van der Waals surface area contributed by atoms with Crippen molar-refractivity contribution in [2.45, 2.75) is 13.5 Å². The van der Waals surface area contributed by atoms with Crippen LogP contribution in [-0.2, 0) is 11.3 Å². The van der Waals surface area contributed by atoms with Crippen LogP contribution in [0.5, 0.6) is 0 Å². The van der Waals surface area contributed by atoms with Gasteiger partial charge in [0, 0.05) is 11.6 Å². The number of amides is 1. The van der Waals surface area contributed by atoms with E-state index in [1.54, 1.807) is 30.6 Å². The molecule has 4 rings (SSSR count). The SMILES string of the molecule is Cc1ccc2oc(=O)c3cnn(CC(=O)Nc4cccnc4)c3c2c1. The Morgan fingerprint density at radius 1 is 1.24 bits per heavy atom. The van der Waals surface area contributed by atoms with Crippen LogP contribution in [0.3, 0.4) is 0 Å². The first kappa shape index (κ1) is 15.1. The maximum absolute atomic E-state index is 12.3. The van der Waals surface area contributed by atoms with Gasteiger partial charge < -0.3 is 9.73 Å². The molecule has 7 heteroatoms. The second-order valence-corrected chi connectivity index (χ2v) is 5.74. The minimum absolute atomic E-state index is 0.0229. The number of pyridine rings is 1. The number of rotatable bonds is 3. The van der Waals surface area contributed by atoms with E-state index in [-0.39, 0.29) is 12.5 Å². The molecule has 124 valence electrons. The number of nitrogens with one attached hydrogen (secondary N) is 1. The van der Waals surface area contributed by atoms with Gasteiger partial charge in [-0.3, -0.25) is 14.5 Å². The van der Waals surface area contributed by atoms with E-state index in [1.807, 2.05) is 19.1 Å². The first-order chi connectivity index (χ1) is 12.1. The second kappa shape index (κ2) is 5.86. The maximum Gasteiger partial charge on any atom is 0.347 e. The van der Waals surface area contributed by atoms with Gasteiger partial charge in [0.1, 0.15) is 17.5 Å². The molecule has 0 spiro atoms. The topological polar surface area (TPSA) is 90.0 Å². The summed E-state index contributed by atoms with van der Waals surface area (Å²) in [6.07, 6.45) is 4.62. The number of aromatic nitrogens is 3. The van der Waals surface area contributed by atoms with Gasteiger partial charge in [0.15, 0.2) is 0 Å². The zero-order valence-electron chi connectivity index (χ0n) is 13.4. The summed E-state index contributed by atoms with van der Waals surface area (Å²) in [7, 11) is 0. The van der Waals surface area contributed by atoms with Crippen molar-refractivity contribution in [3.63, 3.8) is 0 Å². The molecule has 4 aromatic rings. The molecular weight excluding hydrogens is 320 g/mol. The number of carbonyl (C=O) groups excluding carboxylic acids is 1. The number of anilines is 1. The minimum Gasteiger partial charge on any atom is -0.422 e. The molecule has 7 nitrogen and oxygen atoms in total. The molecular formula is C18H14N4O3. The number of hydrogen-bond donors (Lipinski definition) is 1. The number of nitrogens with zero attached hydrogens (tertiary/aromatic N) is 3. The summed E-state index contributed by atoms with van der Waals surface area (Å²) >= 11 is 0. The third kappa shape index (κ3) is 2.76. The van der Waals surface area contributed by atoms with Crippen LogP contribution < -0.4 is 10.9 Å². The van der Waals surface area contributed by atoms with E-state index in [4.69, 9.17) is 4.42 Å². The molecule has 0 radical (unpaired) electrons. The Morgan fingerprint density at radius 3 is 2.92 bits per heavy atom. The van der Waals surface area contributed by atoms with Gasteiger partial charge in [-0.15, -0.1) is 0 Å². The molecule has 3 heterocycles. The van der Waals surface area contributed by atoms with E-state index in [0.29, 0.717) is 22.2 Å². The van der Waals surface area contributed by atoms with Gasteiger partial charge >= 0.3 is 5.63 Å². The van der Waals surface area contributed by atoms with Crippen LogP contribution in [0.4, 0.5) is 5.69 Å². The highest BCUT2D eigenvalue weighted by Crippen LogP contribution is 2.23. The summed E-state index contributed by atoms with van der Waals surface area (Å²) in [5.41, 5.74) is 2.22. The van der Waals surface area contributed by atoms with E-state index in [9.17, 15) is 9.59 Å². The highest BCUT2D eigenvalue weighted by atomic mass is 16.4. The zero-order chi connectivity index (χ0) is 17.4. The Balaban J connectivity index is 1.77. The summed E-state index contributed by atoms with van der Waals surface area (Å²) < 4.78 is 6.84. The highest BCUT2D eigenvalue weighted by Gasteiger charge is 2.15. The van der Waals surface area contributed by atoms with Crippen LogP contribution in [-0.4, -0.2) is 20.7 Å². The molecule has 0 saturated heterocycles. The lowest BCUT2D eigenvalue weighted by molar-refractivity contribution is -0.116. The van der Waals surface area contributed by atoms with Crippen molar-refractivity contribution in [1.29, 1.82) is 0 Å². The van der Waals surface area contributed by atoms with Crippen LogP contribution in [0, 0.1) is 6.92 Å². The van der Waals surface area contributed by atoms with E-state index in [0.717, 1.165) is 10.9 Å². The van der Waals surface area contributed by atoms with Crippen LogP contribution in [0.1, 0.15) is 5.56 Å². The molecule has 0 saturated carbocycles. The summed E-state index contributed by atoms with van der Waals surface area (Å²) in [4.78, 5) is 28.4. The fourth-order valence-corrected chi connectivity index (χ4v) is 2.78. The number of hydrogen-bond acceptors (Lipinski definition) is 5. The van der Waals surface area contributed by atoms with Crippen molar-refractivity contribution >= 4 is 33.5 Å². The summed E-state index contributed by atoms with van der Waals surface area (Å²) in [6.45, 7) is 1.93. The molecule has 1 aromatic carbocycles. The van der Waals surface area contributed by atoms with Crippen molar-refractivity contribution < 1.29 is 9.21 Å². The molecule has 1 amide bonds. The normalized spacial score (nSPS) is 11.1. The largest absolute Gasteiger partial charge is 0.422 e. The smallest absolute Gasteiger partial charge is 0.347 e. The Labute approximate surface area is 141 Å². The third-order valence-corrected chi connectivity index (χ3v) is 3.89. The number of fused-ring (bicyclic) bond motifs is 3. The van der Waals surface area contributed by atoms with Gasteiger partial charge in [-0.1, -0.05) is 11.6 Å². The molecule has 0 aliphatic rings. The summed E-state index contributed by atoms with van der Waals surface area (Å²) in [5.74, 6) is -0.257. The molecule has 0 bridgehead atoms. The third-order valence-electron chi connectivity index (χ3n) is 3.89. The predicted molar refractivity (Wildman–Crippen MR) is 93.4 cm³/mol. The van der Waals surface area contributed by atoms with Crippen LogP contribution in [0.2, 0.25) is 0 Å².